The van der Waals surface area contributed by atoms with Gasteiger partial charge in [-0.15, -0.1) is 13.2 Å². The average Bonchev–Trinajstić information content (AvgIpc) is 2.53. The molecule has 0 aliphatic carbocycles. The first-order chi connectivity index (χ1) is 11.7. The van der Waals surface area contributed by atoms with Gasteiger partial charge in [0.05, 0.1) is 11.5 Å². The fourth-order valence-corrected chi connectivity index (χ4v) is 2.10. The lowest BCUT2D eigenvalue weighted by atomic mass is 10.0. The minimum atomic E-state index is -4.80. The molecule has 0 aliphatic rings. The number of benzene rings is 2. The van der Waals surface area contributed by atoms with E-state index in [0.29, 0.717) is 11.1 Å². The number of esters is 1. The molecule has 25 heavy (non-hydrogen) atoms. The molecule has 6 nitrogen and oxygen atoms in total. The van der Waals surface area contributed by atoms with Crippen LogP contribution in [0.3, 0.4) is 0 Å². The number of nitrogens with zero attached hydrogens (tertiary/aromatic N) is 1. The third-order valence-electron chi connectivity index (χ3n) is 3.11. The number of nitro groups is 1. The van der Waals surface area contributed by atoms with Crippen LogP contribution in [0, 0.1) is 10.1 Å². The Bertz CT molecular complexity index is 787. The van der Waals surface area contributed by atoms with Gasteiger partial charge in [-0.2, -0.15) is 0 Å². The van der Waals surface area contributed by atoms with E-state index >= 15 is 0 Å². The Labute approximate surface area is 139 Å². The molecule has 2 aromatic carbocycles. The largest absolute Gasteiger partial charge is 0.573 e. The van der Waals surface area contributed by atoms with E-state index in [2.05, 4.69) is 4.74 Å². The maximum Gasteiger partial charge on any atom is 0.573 e. The number of carbonyl (C=O) groups is 1. The first-order valence-corrected chi connectivity index (χ1v) is 7.03. The third kappa shape index (κ3) is 4.69. The first-order valence-electron chi connectivity index (χ1n) is 7.03. The molecule has 0 aliphatic heterocycles. The molecule has 0 saturated carbocycles. The second kappa shape index (κ2) is 7.20. The van der Waals surface area contributed by atoms with Gasteiger partial charge in [-0.1, -0.05) is 12.1 Å². The van der Waals surface area contributed by atoms with Crippen molar-refractivity contribution in [1.29, 1.82) is 0 Å². The highest BCUT2D eigenvalue weighted by molar-refractivity contribution is 5.95. The zero-order chi connectivity index (χ0) is 18.6. The number of nitro benzene ring substituents is 1. The lowest BCUT2D eigenvalue weighted by molar-refractivity contribution is -0.385. The lowest BCUT2D eigenvalue weighted by Gasteiger charge is -2.10. The first kappa shape index (κ1) is 18.2. The Balaban J connectivity index is 2.37. The standard InChI is InChI=1S/C16H12F3NO5/c1-2-24-15(21)13-9-11(5-8-14(13)20(22)23)10-3-6-12(7-4-10)25-16(17,18)19/h3-9H,2H2,1H3. The maximum atomic E-state index is 12.2. The van der Waals surface area contributed by atoms with Crippen molar-refractivity contribution in [1.82, 2.24) is 0 Å². The number of alkyl halides is 3. The average molecular weight is 355 g/mol. The predicted molar refractivity (Wildman–Crippen MR) is 81.2 cm³/mol. The molecule has 132 valence electrons. The molecule has 0 N–H and O–H groups in total. The number of halogens is 3. The number of rotatable bonds is 5. The summed E-state index contributed by atoms with van der Waals surface area (Å²) < 4.78 is 45.1. The molecule has 0 saturated heterocycles. The molecule has 0 amide bonds. The van der Waals surface area contributed by atoms with Crippen molar-refractivity contribution in [3.05, 3.63) is 58.1 Å². The van der Waals surface area contributed by atoms with Gasteiger partial charge >= 0.3 is 12.3 Å². The summed E-state index contributed by atoms with van der Waals surface area (Å²) in [6.45, 7) is 1.61. The van der Waals surface area contributed by atoms with Crippen LogP contribution in [-0.4, -0.2) is 23.9 Å². The monoisotopic (exact) mass is 355 g/mol. The van der Waals surface area contributed by atoms with Crippen LogP contribution in [0.15, 0.2) is 42.5 Å². The van der Waals surface area contributed by atoms with Crippen LogP contribution in [0.5, 0.6) is 5.75 Å². The molecule has 9 heteroatoms. The maximum absolute atomic E-state index is 12.2. The summed E-state index contributed by atoms with van der Waals surface area (Å²) in [7, 11) is 0. The molecule has 0 radical (unpaired) electrons. The summed E-state index contributed by atoms with van der Waals surface area (Å²) in [4.78, 5) is 22.2. The van der Waals surface area contributed by atoms with Gasteiger partial charge in [0.2, 0.25) is 0 Å². The number of hydrogen-bond donors (Lipinski definition) is 0. The second-order valence-electron chi connectivity index (χ2n) is 4.78. The molecule has 0 atom stereocenters. The van der Waals surface area contributed by atoms with Gasteiger partial charge in [-0.05, 0) is 42.3 Å². The highest BCUT2D eigenvalue weighted by Crippen LogP contribution is 2.30. The van der Waals surface area contributed by atoms with E-state index in [4.69, 9.17) is 4.74 Å². The molecular formula is C16H12F3NO5. The van der Waals surface area contributed by atoms with E-state index in [0.717, 1.165) is 18.2 Å². The van der Waals surface area contributed by atoms with Crippen LogP contribution in [0.4, 0.5) is 18.9 Å². The smallest absolute Gasteiger partial charge is 0.462 e. The van der Waals surface area contributed by atoms with Gasteiger partial charge in [-0.25, -0.2) is 4.79 Å². The summed E-state index contributed by atoms with van der Waals surface area (Å²) in [6, 6.07) is 8.69. The van der Waals surface area contributed by atoms with Crippen LogP contribution in [0.25, 0.3) is 11.1 Å². The van der Waals surface area contributed by atoms with Crippen molar-refractivity contribution < 1.29 is 32.4 Å². The predicted octanol–water partition coefficient (Wildman–Crippen LogP) is 4.34. The molecule has 0 aromatic heterocycles. The molecule has 0 unspecified atom stereocenters. The van der Waals surface area contributed by atoms with Gasteiger partial charge in [0.15, 0.2) is 0 Å². The normalized spacial score (nSPS) is 11.0. The van der Waals surface area contributed by atoms with Crippen molar-refractivity contribution >= 4 is 11.7 Å². The lowest BCUT2D eigenvalue weighted by Crippen LogP contribution is -2.16. The topological polar surface area (TPSA) is 78.7 Å². The van der Waals surface area contributed by atoms with Crippen LogP contribution >= 0.6 is 0 Å². The van der Waals surface area contributed by atoms with E-state index in [1.807, 2.05) is 0 Å². The molecule has 2 rings (SSSR count). The highest BCUT2D eigenvalue weighted by atomic mass is 19.4. The summed E-state index contributed by atoms with van der Waals surface area (Å²) in [6.07, 6.45) is -4.80. The number of hydrogen-bond acceptors (Lipinski definition) is 5. The van der Waals surface area contributed by atoms with Gasteiger partial charge < -0.3 is 9.47 Å². The summed E-state index contributed by atoms with van der Waals surface area (Å²) in [5, 5.41) is 11.0. The van der Waals surface area contributed by atoms with E-state index in [-0.39, 0.29) is 12.2 Å². The van der Waals surface area contributed by atoms with Crippen molar-refractivity contribution in [2.24, 2.45) is 0 Å². The number of carbonyl (C=O) groups excluding carboxylic acids is 1. The van der Waals surface area contributed by atoms with E-state index < -0.39 is 28.7 Å². The summed E-state index contributed by atoms with van der Waals surface area (Å²) >= 11 is 0. The Morgan fingerprint density at radius 3 is 2.24 bits per heavy atom. The zero-order valence-corrected chi connectivity index (χ0v) is 12.9. The quantitative estimate of drug-likeness (QED) is 0.453. The fourth-order valence-electron chi connectivity index (χ4n) is 2.10. The highest BCUT2D eigenvalue weighted by Gasteiger charge is 2.31. The fraction of sp³-hybridized carbons (Fsp3) is 0.188. The SMILES string of the molecule is CCOC(=O)c1cc(-c2ccc(OC(F)(F)F)cc2)ccc1[N+](=O)[O-]. The molecule has 0 bridgehead atoms. The molecule has 0 heterocycles. The van der Waals surface area contributed by atoms with E-state index in [1.165, 1.54) is 24.3 Å². The van der Waals surface area contributed by atoms with Gasteiger partial charge in [0.25, 0.3) is 5.69 Å². The van der Waals surface area contributed by atoms with E-state index in [9.17, 15) is 28.1 Å². The van der Waals surface area contributed by atoms with Gasteiger partial charge in [-0.3, -0.25) is 10.1 Å². The van der Waals surface area contributed by atoms with Gasteiger partial charge in [0.1, 0.15) is 11.3 Å². The molecule has 0 spiro atoms. The number of ether oxygens (including phenoxy) is 2. The molecular weight excluding hydrogens is 343 g/mol. The Morgan fingerprint density at radius 1 is 1.12 bits per heavy atom. The van der Waals surface area contributed by atoms with Crippen molar-refractivity contribution in [3.63, 3.8) is 0 Å². The van der Waals surface area contributed by atoms with Crippen LogP contribution in [-0.2, 0) is 4.74 Å². The molecule has 0 fully saturated rings. The van der Waals surface area contributed by atoms with Crippen molar-refractivity contribution in [2.75, 3.05) is 6.61 Å². The minimum absolute atomic E-state index is 0.0453. The van der Waals surface area contributed by atoms with Crippen LogP contribution in [0.1, 0.15) is 17.3 Å². The van der Waals surface area contributed by atoms with E-state index in [1.54, 1.807) is 6.92 Å². The van der Waals surface area contributed by atoms with Gasteiger partial charge in [0, 0.05) is 6.07 Å². The Kier molecular flexibility index (Phi) is 5.26. The zero-order valence-electron chi connectivity index (χ0n) is 12.9. The van der Waals surface area contributed by atoms with Crippen molar-refractivity contribution in [2.45, 2.75) is 13.3 Å². The third-order valence-corrected chi connectivity index (χ3v) is 3.11. The minimum Gasteiger partial charge on any atom is -0.462 e. The Hall–Kier alpha value is -3.10. The van der Waals surface area contributed by atoms with Crippen LogP contribution < -0.4 is 4.74 Å². The van der Waals surface area contributed by atoms with Crippen LogP contribution in [0.2, 0.25) is 0 Å². The van der Waals surface area contributed by atoms with Crippen molar-refractivity contribution in [3.8, 4) is 16.9 Å². The molecule has 2 aromatic rings. The Morgan fingerprint density at radius 2 is 1.72 bits per heavy atom. The summed E-state index contributed by atoms with van der Waals surface area (Å²) in [5.74, 6) is -1.25. The second-order valence-corrected chi connectivity index (χ2v) is 4.78. The summed E-state index contributed by atoms with van der Waals surface area (Å²) in [5.41, 5.74) is 0.210.